The highest BCUT2D eigenvalue weighted by atomic mass is 127. The number of ketones is 2. The predicted octanol–water partition coefficient (Wildman–Crippen LogP) is 6.95. The number of likely N-dealkylation sites (N-methyl/N-ethyl adjacent to an activating group) is 1. The van der Waals surface area contributed by atoms with Gasteiger partial charge in [-0.05, 0) is 135 Å². The Kier molecular flexibility index (Phi) is 10.9. The molecule has 5 atom stereocenters. The standard InChI is InChI=1S/C45H55ClIN11O5/c1-25-29-22-48-57(41(29)51-39(49-25)33-27-12-10-19-44(35(27)62-54-33)17-8-6-14-30(44)59)24-42(2,61)21-16-26(23-56(4)5)58-43(3)32(38(47)53-58)37(46)50-40(52-43)34-28-13-11-20-45(36(28)63-55-34)18-9-7-15-31(45)60/h22,26,53,61H,6-21,23-24H2,1-5H3/t26-,42?,43?,44+,45+/m0/s1. The van der Waals surface area contributed by atoms with E-state index in [-0.39, 0.29) is 24.2 Å². The molecule has 0 saturated heterocycles. The van der Waals surface area contributed by atoms with Crippen LogP contribution in [-0.4, -0.2) is 106 Å². The number of carbonyl (C=O) groups excluding carboxylic acids is 2. The highest BCUT2D eigenvalue weighted by Gasteiger charge is 2.53. The number of nitrogens with one attached hydrogen (secondary N) is 1. The molecule has 2 aliphatic heterocycles. The van der Waals surface area contributed by atoms with E-state index >= 15 is 0 Å². The molecule has 10 rings (SSSR count). The Morgan fingerprint density at radius 1 is 0.937 bits per heavy atom. The summed E-state index contributed by atoms with van der Waals surface area (Å²) < 4.78 is 14.7. The lowest BCUT2D eigenvalue weighted by Gasteiger charge is -2.41. The number of halogens is 2. The van der Waals surface area contributed by atoms with Crippen LogP contribution in [0.5, 0.6) is 0 Å². The molecule has 2 spiro atoms. The fraction of sp³-hybridized carbons (Fsp3) is 0.622. The fourth-order valence-electron chi connectivity index (χ4n) is 11.6. The van der Waals surface area contributed by atoms with Crippen molar-refractivity contribution in [1.82, 2.24) is 45.4 Å². The van der Waals surface area contributed by atoms with Crippen LogP contribution in [0.2, 0.25) is 0 Å². The molecule has 0 aromatic carbocycles. The average Bonchev–Trinajstić information content (AvgIpc) is 4.03. The maximum absolute atomic E-state index is 13.4. The van der Waals surface area contributed by atoms with Crippen molar-refractivity contribution in [3.63, 3.8) is 0 Å². The number of hydrogen-bond donors (Lipinski definition) is 2. The van der Waals surface area contributed by atoms with Gasteiger partial charge in [0.2, 0.25) is 0 Å². The van der Waals surface area contributed by atoms with Crippen LogP contribution < -0.4 is 5.43 Å². The molecule has 4 aliphatic carbocycles. The molecule has 63 heavy (non-hydrogen) atoms. The van der Waals surface area contributed by atoms with Crippen LogP contribution in [0.4, 0.5) is 0 Å². The summed E-state index contributed by atoms with van der Waals surface area (Å²) in [4.78, 5) is 48.9. The van der Waals surface area contributed by atoms with Gasteiger partial charge in [-0.15, -0.1) is 0 Å². The molecular formula is C45H55ClIN11O5. The maximum Gasteiger partial charge on any atom is 0.184 e. The summed E-state index contributed by atoms with van der Waals surface area (Å²) in [7, 11) is 4.07. The molecule has 6 aliphatic rings. The lowest BCUT2D eigenvalue weighted by molar-refractivity contribution is -0.128. The Balaban J connectivity index is 0.914. The number of aliphatic imine (C=N–C) groups is 2. The first-order valence-corrected chi connectivity index (χ1v) is 24.0. The third-order valence-corrected chi connectivity index (χ3v) is 15.8. The monoisotopic (exact) mass is 991 g/mol. The van der Waals surface area contributed by atoms with E-state index in [9.17, 15) is 14.7 Å². The topological polar surface area (TPSA) is 193 Å². The summed E-state index contributed by atoms with van der Waals surface area (Å²) in [5.41, 5.74) is 5.31. The van der Waals surface area contributed by atoms with Crippen molar-refractivity contribution in [2.45, 2.75) is 158 Å². The van der Waals surface area contributed by atoms with Crippen LogP contribution in [-0.2, 0) is 39.8 Å². The molecule has 4 aromatic rings. The van der Waals surface area contributed by atoms with Crippen molar-refractivity contribution in [2.75, 3.05) is 20.6 Å². The van der Waals surface area contributed by atoms with Gasteiger partial charge in [-0.25, -0.2) is 24.6 Å². The number of aryl methyl sites for hydroxylation is 1. The van der Waals surface area contributed by atoms with Gasteiger partial charge in [0, 0.05) is 36.6 Å². The summed E-state index contributed by atoms with van der Waals surface area (Å²) >= 11 is 9.34. The Labute approximate surface area is 384 Å². The van der Waals surface area contributed by atoms with Gasteiger partial charge >= 0.3 is 0 Å². The Morgan fingerprint density at radius 2 is 1.56 bits per heavy atom. The zero-order chi connectivity index (χ0) is 44.1. The van der Waals surface area contributed by atoms with Crippen molar-refractivity contribution in [1.29, 1.82) is 0 Å². The molecule has 6 heterocycles. The summed E-state index contributed by atoms with van der Waals surface area (Å²) in [5.74, 6) is 2.71. The molecule has 18 heteroatoms. The van der Waals surface area contributed by atoms with Crippen molar-refractivity contribution in [3.05, 3.63) is 49.5 Å². The zero-order valence-electron chi connectivity index (χ0n) is 36.7. The van der Waals surface area contributed by atoms with Crippen LogP contribution in [0.25, 0.3) is 22.6 Å². The number of aliphatic hydroxyl groups is 1. The molecule has 4 aromatic heterocycles. The van der Waals surface area contributed by atoms with Crippen LogP contribution in [0.1, 0.15) is 138 Å². The molecule has 0 amide bonds. The lowest BCUT2D eigenvalue weighted by atomic mass is 9.64. The van der Waals surface area contributed by atoms with Gasteiger partial charge in [-0.3, -0.25) is 9.59 Å². The normalized spacial score (nSPS) is 27.7. The number of aromatic nitrogens is 6. The summed E-state index contributed by atoms with van der Waals surface area (Å²) in [6, 6.07) is -0.149. The molecule has 0 radical (unpaired) electrons. The first kappa shape index (κ1) is 43.0. The third-order valence-electron chi connectivity index (χ3n) is 14.8. The number of fused-ring (bicyclic) bond motifs is 6. The average molecular weight is 992 g/mol. The van der Waals surface area contributed by atoms with Gasteiger partial charge < -0.3 is 24.5 Å². The van der Waals surface area contributed by atoms with Crippen molar-refractivity contribution in [3.8, 4) is 11.5 Å². The molecule has 2 fully saturated rings. The van der Waals surface area contributed by atoms with Gasteiger partial charge in [-0.1, -0.05) is 34.8 Å². The highest BCUT2D eigenvalue weighted by Crippen LogP contribution is 2.49. The van der Waals surface area contributed by atoms with Gasteiger partial charge in [0.25, 0.3) is 0 Å². The van der Waals surface area contributed by atoms with E-state index in [4.69, 9.17) is 45.7 Å². The summed E-state index contributed by atoms with van der Waals surface area (Å²) in [6.07, 6.45) is 14.1. The first-order chi connectivity index (χ1) is 30.1. The Hall–Kier alpha value is -3.91. The molecule has 2 saturated carbocycles. The predicted molar refractivity (Wildman–Crippen MR) is 245 cm³/mol. The SMILES string of the molecule is Cc1nc(-c2noc3c2CCC[C@@]32CCCCC2=O)nc2c1cnn2CC(C)(O)CC[C@@H](CN(C)C)N1NC(I)=C2C(Cl)=NC(c3noc4c3CCC[C@@]43CCCCC3=O)=NC21C. The number of hydrogen-bond acceptors (Lipinski definition) is 15. The third kappa shape index (κ3) is 7.04. The summed E-state index contributed by atoms with van der Waals surface area (Å²) in [6.45, 7) is 6.63. The molecule has 2 N–H and O–H groups in total. The second-order valence-corrected chi connectivity index (χ2v) is 20.9. The van der Waals surface area contributed by atoms with Crippen molar-refractivity contribution >= 4 is 67.8 Å². The lowest BCUT2D eigenvalue weighted by Crippen LogP contribution is -2.57. The van der Waals surface area contributed by atoms with Crippen molar-refractivity contribution in [2.24, 2.45) is 9.98 Å². The zero-order valence-corrected chi connectivity index (χ0v) is 39.6. The number of carbonyl (C=O) groups is 2. The van der Waals surface area contributed by atoms with Crippen molar-refractivity contribution < 1.29 is 23.7 Å². The van der Waals surface area contributed by atoms with Gasteiger partial charge in [0.15, 0.2) is 45.9 Å². The number of rotatable bonds is 10. The smallest absolute Gasteiger partial charge is 0.184 e. The van der Waals surface area contributed by atoms with E-state index in [0.717, 1.165) is 109 Å². The van der Waals surface area contributed by atoms with E-state index in [1.165, 1.54) is 0 Å². The number of Topliss-reactive ketones (excluding diaryl/α,β-unsaturated/α-hetero) is 2. The van der Waals surface area contributed by atoms with E-state index in [2.05, 4.69) is 48.2 Å². The van der Waals surface area contributed by atoms with Gasteiger partial charge in [0.1, 0.15) is 16.7 Å². The van der Waals surface area contributed by atoms with Gasteiger partial charge in [-0.2, -0.15) is 10.1 Å². The van der Waals surface area contributed by atoms with E-state index < -0.39 is 22.1 Å². The van der Waals surface area contributed by atoms with Crippen LogP contribution >= 0.6 is 34.2 Å². The highest BCUT2D eigenvalue weighted by molar-refractivity contribution is 14.1. The molecule has 0 bridgehead atoms. The Bertz CT molecular complexity index is 2630. The quantitative estimate of drug-likeness (QED) is 0.123. The minimum absolute atomic E-state index is 0.149. The molecule has 2 unspecified atom stereocenters. The number of amidine groups is 1. The molecule has 334 valence electrons. The van der Waals surface area contributed by atoms with E-state index in [0.29, 0.717) is 77.6 Å². The second-order valence-electron chi connectivity index (χ2n) is 19.5. The second kappa shape index (κ2) is 15.9. The van der Waals surface area contributed by atoms with Crippen LogP contribution in [0, 0.1) is 6.92 Å². The first-order valence-electron chi connectivity index (χ1n) is 22.6. The van der Waals surface area contributed by atoms with Crippen LogP contribution in [0.15, 0.2) is 34.5 Å². The fourth-order valence-corrected chi connectivity index (χ4v) is 13.1. The molecular weight excluding hydrogens is 937 g/mol. The molecule has 16 nitrogen and oxygen atoms in total. The Morgan fingerprint density at radius 3 is 2.19 bits per heavy atom. The van der Waals surface area contributed by atoms with E-state index in [1.807, 2.05) is 34.9 Å². The summed E-state index contributed by atoms with van der Waals surface area (Å²) in [5, 5.41) is 29.2. The van der Waals surface area contributed by atoms with Crippen LogP contribution in [0.3, 0.4) is 0 Å². The number of hydrazine groups is 1. The number of nitrogens with zero attached hydrogens (tertiary/aromatic N) is 10. The van der Waals surface area contributed by atoms with Gasteiger partial charge in [0.05, 0.1) is 49.5 Å². The minimum atomic E-state index is -1.19. The minimum Gasteiger partial charge on any atom is -0.388 e. The largest absolute Gasteiger partial charge is 0.388 e. The maximum atomic E-state index is 13.4. The van der Waals surface area contributed by atoms with E-state index in [1.54, 1.807) is 10.9 Å².